The number of anilines is 1. The van der Waals surface area contributed by atoms with Gasteiger partial charge in [-0.1, -0.05) is 0 Å². The maximum Gasteiger partial charge on any atom is 0.250 e. The van der Waals surface area contributed by atoms with Crippen LogP contribution in [0.1, 0.15) is 29.8 Å². The molecule has 0 saturated heterocycles. The van der Waals surface area contributed by atoms with Crippen molar-refractivity contribution in [2.45, 2.75) is 25.9 Å². The lowest BCUT2D eigenvalue weighted by atomic mass is 10.00. The zero-order chi connectivity index (χ0) is 11.2. The Morgan fingerprint density at radius 1 is 1.47 bits per heavy atom. The summed E-state index contributed by atoms with van der Waals surface area (Å²) in [7, 11) is 0. The van der Waals surface area contributed by atoms with Crippen molar-refractivity contribution >= 4 is 11.6 Å². The zero-order valence-corrected chi connectivity index (χ0v) is 8.83. The van der Waals surface area contributed by atoms with Gasteiger partial charge in [0, 0.05) is 17.7 Å². The summed E-state index contributed by atoms with van der Waals surface area (Å²) in [5.74, 6) is 0.187. The highest BCUT2D eigenvalue weighted by Crippen LogP contribution is 2.37. The van der Waals surface area contributed by atoms with Crippen LogP contribution in [-0.4, -0.2) is 11.5 Å². The lowest BCUT2D eigenvalue weighted by molar-refractivity contribution is 0.0999. The molecule has 0 saturated carbocycles. The van der Waals surface area contributed by atoms with E-state index in [1.807, 2.05) is 13.8 Å². The number of fused-ring (bicyclic) bond motifs is 1. The maximum absolute atomic E-state index is 11.1. The number of ether oxygens (including phenoxy) is 1. The highest BCUT2D eigenvalue weighted by molar-refractivity contribution is 5.98. The summed E-state index contributed by atoms with van der Waals surface area (Å²) >= 11 is 0. The number of rotatable bonds is 1. The largest absolute Gasteiger partial charge is 0.487 e. The van der Waals surface area contributed by atoms with E-state index in [9.17, 15) is 4.79 Å². The summed E-state index contributed by atoms with van der Waals surface area (Å²) in [6, 6.07) is 3.39. The van der Waals surface area contributed by atoms with Crippen LogP contribution in [0.5, 0.6) is 5.75 Å². The minimum atomic E-state index is -0.524. The number of nitrogens with two attached hydrogens (primary N) is 2. The number of primary amides is 1. The van der Waals surface area contributed by atoms with Gasteiger partial charge in [-0.3, -0.25) is 4.79 Å². The molecule has 1 amide bonds. The topological polar surface area (TPSA) is 78.3 Å². The molecule has 0 fully saturated rings. The maximum atomic E-state index is 11.1. The Balaban J connectivity index is 2.50. The molecular formula is C11H14N2O2. The molecule has 0 aromatic heterocycles. The zero-order valence-electron chi connectivity index (χ0n) is 8.83. The highest BCUT2D eigenvalue weighted by Gasteiger charge is 2.31. The van der Waals surface area contributed by atoms with Crippen LogP contribution < -0.4 is 16.2 Å². The molecule has 1 heterocycles. The number of benzene rings is 1. The number of hydrogen-bond acceptors (Lipinski definition) is 3. The Kier molecular flexibility index (Phi) is 1.89. The molecule has 1 aromatic rings. The molecule has 0 spiro atoms. The van der Waals surface area contributed by atoms with Gasteiger partial charge >= 0.3 is 0 Å². The van der Waals surface area contributed by atoms with Crippen molar-refractivity contribution in [3.05, 3.63) is 23.3 Å². The molecular weight excluding hydrogens is 192 g/mol. The van der Waals surface area contributed by atoms with Gasteiger partial charge in [-0.2, -0.15) is 0 Å². The van der Waals surface area contributed by atoms with Gasteiger partial charge in [-0.25, -0.2) is 0 Å². The summed E-state index contributed by atoms with van der Waals surface area (Å²) in [5.41, 5.74) is 12.5. The summed E-state index contributed by atoms with van der Waals surface area (Å²) in [4.78, 5) is 11.1. The van der Waals surface area contributed by atoms with Crippen molar-refractivity contribution in [1.29, 1.82) is 0 Å². The van der Waals surface area contributed by atoms with E-state index < -0.39 is 5.91 Å². The van der Waals surface area contributed by atoms with Crippen LogP contribution in [0.15, 0.2) is 12.1 Å². The normalized spacial score (nSPS) is 16.9. The molecule has 4 nitrogen and oxygen atoms in total. The predicted octanol–water partition coefficient (Wildman–Crippen LogP) is 1.08. The highest BCUT2D eigenvalue weighted by atomic mass is 16.5. The summed E-state index contributed by atoms with van der Waals surface area (Å²) in [6.07, 6.45) is 0.797. The molecule has 1 aliphatic heterocycles. The third kappa shape index (κ3) is 1.63. The summed E-state index contributed by atoms with van der Waals surface area (Å²) in [6.45, 7) is 3.99. The molecule has 1 aliphatic rings. The minimum Gasteiger partial charge on any atom is -0.487 e. The number of amides is 1. The van der Waals surface area contributed by atoms with Gasteiger partial charge in [0.05, 0.1) is 5.56 Å². The molecule has 80 valence electrons. The molecule has 0 radical (unpaired) electrons. The van der Waals surface area contributed by atoms with Gasteiger partial charge in [-0.15, -0.1) is 0 Å². The van der Waals surface area contributed by atoms with Crippen LogP contribution in [0.2, 0.25) is 0 Å². The number of nitrogen functional groups attached to an aromatic ring is 1. The second kappa shape index (κ2) is 2.89. The number of carbonyl (C=O) groups is 1. The van der Waals surface area contributed by atoms with Gasteiger partial charge in [0.1, 0.15) is 11.4 Å². The first-order chi connectivity index (χ1) is 6.89. The van der Waals surface area contributed by atoms with E-state index in [0.29, 0.717) is 17.0 Å². The van der Waals surface area contributed by atoms with E-state index in [1.165, 1.54) is 0 Å². The van der Waals surface area contributed by atoms with Crippen LogP contribution in [0, 0.1) is 0 Å². The average molecular weight is 206 g/mol. The van der Waals surface area contributed by atoms with Crippen LogP contribution >= 0.6 is 0 Å². The molecule has 0 atom stereocenters. The second-order valence-corrected chi connectivity index (χ2v) is 4.45. The number of hydrogen-bond donors (Lipinski definition) is 2. The van der Waals surface area contributed by atoms with Crippen molar-refractivity contribution in [1.82, 2.24) is 0 Å². The predicted molar refractivity (Wildman–Crippen MR) is 57.8 cm³/mol. The Bertz CT molecular complexity index is 438. The van der Waals surface area contributed by atoms with E-state index in [4.69, 9.17) is 16.2 Å². The van der Waals surface area contributed by atoms with Crippen molar-refractivity contribution < 1.29 is 9.53 Å². The quantitative estimate of drug-likeness (QED) is 0.675. The lowest BCUT2D eigenvalue weighted by Gasteiger charge is -2.16. The summed E-state index contributed by atoms with van der Waals surface area (Å²) in [5, 5.41) is 0. The van der Waals surface area contributed by atoms with Gasteiger partial charge in [0.25, 0.3) is 5.91 Å². The first-order valence-corrected chi connectivity index (χ1v) is 4.80. The van der Waals surface area contributed by atoms with Crippen molar-refractivity contribution in [3.63, 3.8) is 0 Å². The third-order valence-corrected chi connectivity index (χ3v) is 2.50. The molecule has 0 bridgehead atoms. The van der Waals surface area contributed by atoms with Crippen LogP contribution in [0.4, 0.5) is 5.69 Å². The Morgan fingerprint density at radius 2 is 2.13 bits per heavy atom. The van der Waals surface area contributed by atoms with E-state index >= 15 is 0 Å². The van der Waals surface area contributed by atoms with Gasteiger partial charge in [0.15, 0.2) is 0 Å². The van der Waals surface area contributed by atoms with Crippen molar-refractivity contribution in [2.75, 3.05) is 5.73 Å². The molecule has 0 unspecified atom stereocenters. The van der Waals surface area contributed by atoms with Crippen LogP contribution in [-0.2, 0) is 6.42 Å². The smallest absolute Gasteiger partial charge is 0.250 e. The Morgan fingerprint density at radius 3 is 2.73 bits per heavy atom. The minimum absolute atomic E-state index is 0.231. The van der Waals surface area contributed by atoms with E-state index in [-0.39, 0.29) is 5.60 Å². The molecule has 1 aromatic carbocycles. The molecule has 0 aliphatic carbocycles. The van der Waals surface area contributed by atoms with Gasteiger partial charge < -0.3 is 16.2 Å². The van der Waals surface area contributed by atoms with Crippen LogP contribution in [0.3, 0.4) is 0 Å². The van der Waals surface area contributed by atoms with E-state index in [1.54, 1.807) is 12.1 Å². The van der Waals surface area contributed by atoms with Gasteiger partial charge in [0.2, 0.25) is 0 Å². The van der Waals surface area contributed by atoms with Gasteiger partial charge in [-0.05, 0) is 26.0 Å². The second-order valence-electron chi connectivity index (χ2n) is 4.45. The Hall–Kier alpha value is -1.71. The van der Waals surface area contributed by atoms with E-state index in [2.05, 4.69) is 0 Å². The first-order valence-electron chi connectivity index (χ1n) is 4.80. The molecule has 4 N–H and O–H groups in total. The van der Waals surface area contributed by atoms with E-state index in [0.717, 1.165) is 12.0 Å². The van der Waals surface area contributed by atoms with Crippen molar-refractivity contribution in [2.24, 2.45) is 5.73 Å². The molecule has 4 heteroatoms. The first kappa shape index (κ1) is 9.83. The fourth-order valence-corrected chi connectivity index (χ4v) is 1.88. The monoisotopic (exact) mass is 206 g/mol. The lowest BCUT2D eigenvalue weighted by Crippen LogP contribution is -2.24. The van der Waals surface area contributed by atoms with Crippen molar-refractivity contribution in [3.8, 4) is 5.75 Å². The fraction of sp³-hybridized carbons (Fsp3) is 0.364. The SMILES string of the molecule is CC1(C)Cc2cc(N)c(C(N)=O)cc2O1. The standard InChI is InChI=1S/C11H14N2O2/c1-11(2)5-6-3-8(12)7(10(13)14)4-9(6)15-11/h3-4H,5,12H2,1-2H3,(H2,13,14). The summed E-state index contributed by atoms with van der Waals surface area (Å²) < 4.78 is 5.68. The molecule has 2 rings (SSSR count). The third-order valence-electron chi connectivity index (χ3n) is 2.50. The number of carbonyl (C=O) groups excluding carboxylic acids is 1. The average Bonchev–Trinajstić information content (AvgIpc) is 2.36. The van der Waals surface area contributed by atoms with Crippen LogP contribution in [0.25, 0.3) is 0 Å². The fourth-order valence-electron chi connectivity index (χ4n) is 1.88. The Labute approximate surface area is 88.2 Å². The molecule has 15 heavy (non-hydrogen) atoms.